The van der Waals surface area contributed by atoms with Gasteiger partial charge in [-0.1, -0.05) is 63.6 Å². The molecule has 0 saturated carbocycles. The first-order chi connectivity index (χ1) is 8.83. The van der Waals surface area contributed by atoms with E-state index in [0.717, 1.165) is 12.8 Å². The van der Waals surface area contributed by atoms with Gasteiger partial charge in [0.1, 0.15) is 5.75 Å². The van der Waals surface area contributed by atoms with Gasteiger partial charge in [-0.15, -0.1) is 0 Å². The largest absolute Gasteiger partial charge is 0.427 e. The van der Waals surface area contributed by atoms with Crippen LogP contribution < -0.4 is 4.74 Å². The van der Waals surface area contributed by atoms with Gasteiger partial charge < -0.3 is 4.74 Å². The summed E-state index contributed by atoms with van der Waals surface area (Å²) < 4.78 is 5.22. The first-order valence-corrected chi connectivity index (χ1v) is 7.08. The van der Waals surface area contributed by atoms with Crippen LogP contribution in [0.4, 0.5) is 0 Å². The van der Waals surface area contributed by atoms with Crippen molar-refractivity contribution in [2.75, 3.05) is 0 Å². The standard InChI is InChI=1S/C16H24O2.Na/c1-2-3-4-5-6-7-11-14-16(17)18-15-12-9-8-10-13-15;/h8-10,12-13H,2-7,11,14H2,1H3;. The van der Waals surface area contributed by atoms with Gasteiger partial charge in [-0.05, 0) is 18.6 Å². The van der Waals surface area contributed by atoms with Crippen LogP contribution in [0.15, 0.2) is 30.3 Å². The minimum atomic E-state index is -0.116. The molecule has 1 radical (unpaired) electrons. The predicted octanol–water partition coefficient (Wildman–Crippen LogP) is 4.35. The van der Waals surface area contributed by atoms with E-state index in [9.17, 15) is 4.79 Å². The van der Waals surface area contributed by atoms with E-state index in [1.807, 2.05) is 30.3 Å². The number of hydrogen-bond acceptors (Lipinski definition) is 2. The van der Waals surface area contributed by atoms with Crippen molar-refractivity contribution < 1.29 is 9.53 Å². The molecule has 0 aromatic heterocycles. The predicted molar refractivity (Wildman–Crippen MR) is 80.4 cm³/mol. The Morgan fingerprint density at radius 2 is 1.53 bits per heavy atom. The van der Waals surface area contributed by atoms with Crippen LogP contribution in [-0.2, 0) is 4.79 Å². The first-order valence-electron chi connectivity index (χ1n) is 7.08. The molecule has 0 spiro atoms. The summed E-state index contributed by atoms with van der Waals surface area (Å²) in [4.78, 5) is 11.5. The number of carbonyl (C=O) groups is 1. The van der Waals surface area contributed by atoms with E-state index in [1.165, 1.54) is 32.1 Å². The molecule has 0 bridgehead atoms. The third-order valence-corrected chi connectivity index (χ3v) is 2.96. The maximum absolute atomic E-state index is 11.5. The number of carbonyl (C=O) groups excluding carboxylic acids is 1. The Bertz CT molecular complexity index is 325. The van der Waals surface area contributed by atoms with Crippen molar-refractivity contribution in [3.63, 3.8) is 0 Å². The van der Waals surface area contributed by atoms with Crippen LogP contribution >= 0.6 is 0 Å². The number of benzene rings is 1. The molecule has 3 heteroatoms. The second kappa shape index (κ2) is 12.7. The Kier molecular flexibility index (Phi) is 12.5. The minimum Gasteiger partial charge on any atom is -0.427 e. The molecule has 1 rings (SSSR count). The summed E-state index contributed by atoms with van der Waals surface area (Å²) in [5.74, 6) is 0.528. The molecule has 19 heavy (non-hydrogen) atoms. The van der Waals surface area contributed by atoms with Crippen molar-refractivity contribution >= 4 is 35.5 Å². The van der Waals surface area contributed by atoms with Gasteiger partial charge in [-0.25, -0.2) is 0 Å². The van der Waals surface area contributed by atoms with E-state index >= 15 is 0 Å². The SMILES string of the molecule is CCCCCCCCCC(=O)Oc1ccccc1.[Na]. The number of hydrogen-bond donors (Lipinski definition) is 0. The Balaban J connectivity index is 0.00000324. The fraction of sp³-hybridized carbons (Fsp3) is 0.562. The van der Waals surface area contributed by atoms with Crippen molar-refractivity contribution in [3.05, 3.63) is 30.3 Å². The molecule has 101 valence electrons. The van der Waals surface area contributed by atoms with Gasteiger partial charge in [0.15, 0.2) is 0 Å². The van der Waals surface area contributed by atoms with Gasteiger partial charge >= 0.3 is 5.97 Å². The number of rotatable bonds is 9. The summed E-state index contributed by atoms with van der Waals surface area (Å²) in [6.45, 7) is 2.22. The van der Waals surface area contributed by atoms with E-state index in [0.29, 0.717) is 12.2 Å². The maximum Gasteiger partial charge on any atom is 0.311 e. The van der Waals surface area contributed by atoms with Crippen molar-refractivity contribution in [2.45, 2.75) is 58.3 Å². The molecular weight excluding hydrogens is 247 g/mol. The van der Waals surface area contributed by atoms with Gasteiger partial charge in [0.25, 0.3) is 0 Å². The quantitative estimate of drug-likeness (QED) is 0.289. The Morgan fingerprint density at radius 1 is 0.947 bits per heavy atom. The van der Waals surface area contributed by atoms with Crippen LogP contribution in [0, 0.1) is 0 Å². The van der Waals surface area contributed by atoms with E-state index in [-0.39, 0.29) is 35.5 Å². The summed E-state index contributed by atoms with van der Waals surface area (Å²) in [6, 6.07) is 9.27. The average Bonchev–Trinajstić information content (AvgIpc) is 2.39. The van der Waals surface area contributed by atoms with Gasteiger partial charge in [0.2, 0.25) is 0 Å². The zero-order chi connectivity index (χ0) is 13.1. The first kappa shape index (κ1) is 18.7. The molecule has 1 aromatic carbocycles. The normalized spacial score (nSPS) is 9.74. The van der Waals surface area contributed by atoms with Gasteiger partial charge in [0.05, 0.1) is 0 Å². The number of para-hydroxylation sites is 1. The number of unbranched alkanes of at least 4 members (excludes halogenated alkanes) is 6. The molecule has 1 aromatic rings. The van der Waals surface area contributed by atoms with Crippen molar-refractivity contribution in [1.82, 2.24) is 0 Å². The molecule has 0 amide bonds. The molecular formula is C16H24NaO2. The van der Waals surface area contributed by atoms with Crippen molar-refractivity contribution in [1.29, 1.82) is 0 Å². The molecule has 0 atom stereocenters. The zero-order valence-electron chi connectivity index (χ0n) is 12.4. The van der Waals surface area contributed by atoms with E-state index in [4.69, 9.17) is 4.74 Å². The molecule has 0 fully saturated rings. The van der Waals surface area contributed by atoms with E-state index < -0.39 is 0 Å². The van der Waals surface area contributed by atoms with E-state index in [2.05, 4.69) is 6.92 Å². The van der Waals surface area contributed by atoms with E-state index in [1.54, 1.807) is 0 Å². The second-order valence-electron chi connectivity index (χ2n) is 4.66. The van der Waals surface area contributed by atoms with Gasteiger partial charge in [-0.2, -0.15) is 0 Å². The molecule has 0 saturated heterocycles. The molecule has 0 unspecified atom stereocenters. The summed E-state index contributed by atoms with van der Waals surface area (Å²) in [5.41, 5.74) is 0. The van der Waals surface area contributed by atoms with Crippen molar-refractivity contribution in [3.8, 4) is 5.75 Å². The van der Waals surface area contributed by atoms with Crippen LogP contribution in [0.25, 0.3) is 0 Å². The fourth-order valence-corrected chi connectivity index (χ4v) is 1.90. The molecule has 0 heterocycles. The molecule has 0 aliphatic carbocycles. The van der Waals surface area contributed by atoms with Crippen LogP contribution in [0.1, 0.15) is 58.3 Å². The Labute approximate surface area is 139 Å². The summed E-state index contributed by atoms with van der Waals surface area (Å²) >= 11 is 0. The zero-order valence-corrected chi connectivity index (χ0v) is 14.4. The van der Waals surface area contributed by atoms with Crippen LogP contribution in [0.5, 0.6) is 5.75 Å². The molecule has 2 nitrogen and oxygen atoms in total. The van der Waals surface area contributed by atoms with Gasteiger partial charge in [0, 0.05) is 36.0 Å². The average molecular weight is 271 g/mol. The monoisotopic (exact) mass is 271 g/mol. The molecule has 0 aliphatic heterocycles. The number of ether oxygens (including phenoxy) is 1. The van der Waals surface area contributed by atoms with Gasteiger partial charge in [-0.3, -0.25) is 4.79 Å². The number of esters is 1. The summed E-state index contributed by atoms with van der Waals surface area (Å²) in [7, 11) is 0. The third-order valence-electron chi connectivity index (χ3n) is 2.96. The fourth-order valence-electron chi connectivity index (χ4n) is 1.90. The molecule has 0 aliphatic rings. The smallest absolute Gasteiger partial charge is 0.311 e. The summed E-state index contributed by atoms with van der Waals surface area (Å²) in [6.07, 6.45) is 9.07. The summed E-state index contributed by atoms with van der Waals surface area (Å²) in [5, 5.41) is 0. The minimum absolute atomic E-state index is 0. The van der Waals surface area contributed by atoms with Crippen LogP contribution in [0.3, 0.4) is 0 Å². The maximum atomic E-state index is 11.5. The van der Waals surface area contributed by atoms with Crippen molar-refractivity contribution in [2.24, 2.45) is 0 Å². The molecule has 0 N–H and O–H groups in total. The van der Waals surface area contributed by atoms with Crippen LogP contribution in [-0.4, -0.2) is 35.5 Å². The topological polar surface area (TPSA) is 26.3 Å². The Hall–Kier alpha value is -0.310. The van der Waals surface area contributed by atoms with Crippen LogP contribution in [0.2, 0.25) is 0 Å². The Morgan fingerprint density at radius 3 is 2.16 bits per heavy atom. The third kappa shape index (κ3) is 10.2. The second-order valence-corrected chi connectivity index (χ2v) is 4.66.